The lowest BCUT2D eigenvalue weighted by atomic mass is 9.85. The molecular formula is C9H14O3. The molecule has 2 fully saturated rings. The van der Waals surface area contributed by atoms with E-state index in [0.717, 1.165) is 19.3 Å². The Labute approximate surface area is 71.4 Å². The first kappa shape index (κ1) is 8.05. The number of rotatable bonds is 1. The number of carbonyl (C=O) groups is 1. The molecule has 2 rings (SSSR count). The number of fused-ring (bicyclic) bond motifs is 2. The largest absolute Gasteiger partial charge is 0.481 e. The Morgan fingerprint density at radius 3 is 2.50 bits per heavy atom. The molecule has 0 heterocycles. The monoisotopic (exact) mass is 170 g/mol. The van der Waals surface area contributed by atoms with Gasteiger partial charge in [0.2, 0.25) is 0 Å². The molecule has 2 bridgehead atoms. The lowest BCUT2D eigenvalue weighted by molar-refractivity contribution is -0.142. The van der Waals surface area contributed by atoms with Crippen LogP contribution in [0.3, 0.4) is 0 Å². The zero-order valence-corrected chi connectivity index (χ0v) is 6.94. The average molecular weight is 170 g/mol. The molecule has 3 heteroatoms. The summed E-state index contributed by atoms with van der Waals surface area (Å²) in [5.74, 6) is -0.232. The number of carboxylic acid groups (broad SMARTS) is 1. The van der Waals surface area contributed by atoms with Gasteiger partial charge in [0.15, 0.2) is 0 Å². The lowest BCUT2D eigenvalue weighted by Gasteiger charge is -2.24. The number of hydrogen-bond acceptors (Lipinski definition) is 2. The van der Waals surface area contributed by atoms with Crippen molar-refractivity contribution in [2.24, 2.45) is 17.8 Å². The van der Waals surface area contributed by atoms with Crippen molar-refractivity contribution >= 4 is 5.97 Å². The SMILES string of the molecule is O=C(O)[C@@H]1C[C@H]2C[C@H]1CC[C@H]2O. The van der Waals surface area contributed by atoms with E-state index in [4.69, 9.17) is 5.11 Å². The minimum absolute atomic E-state index is 0.174. The number of aliphatic hydroxyl groups excluding tert-OH is 1. The highest BCUT2D eigenvalue weighted by Gasteiger charge is 2.44. The molecule has 68 valence electrons. The van der Waals surface area contributed by atoms with Crippen LogP contribution in [-0.2, 0) is 4.79 Å². The van der Waals surface area contributed by atoms with E-state index in [1.807, 2.05) is 0 Å². The van der Waals surface area contributed by atoms with Crippen LogP contribution in [0.5, 0.6) is 0 Å². The van der Waals surface area contributed by atoms with Gasteiger partial charge in [-0.15, -0.1) is 0 Å². The molecule has 0 saturated heterocycles. The molecule has 2 aliphatic rings. The average Bonchev–Trinajstić information content (AvgIpc) is 2.37. The third-order valence-electron chi connectivity index (χ3n) is 3.43. The summed E-state index contributed by atoms with van der Waals surface area (Å²) in [4.78, 5) is 10.8. The van der Waals surface area contributed by atoms with Crippen molar-refractivity contribution < 1.29 is 15.0 Å². The van der Waals surface area contributed by atoms with E-state index in [1.165, 1.54) is 0 Å². The number of aliphatic carboxylic acids is 1. The summed E-state index contributed by atoms with van der Waals surface area (Å²) >= 11 is 0. The van der Waals surface area contributed by atoms with Gasteiger partial charge in [0.05, 0.1) is 12.0 Å². The summed E-state index contributed by atoms with van der Waals surface area (Å²) in [6, 6.07) is 0. The molecule has 3 nitrogen and oxygen atoms in total. The maximum Gasteiger partial charge on any atom is 0.306 e. The van der Waals surface area contributed by atoms with Gasteiger partial charge in [-0.05, 0) is 37.5 Å². The fraction of sp³-hybridized carbons (Fsp3) is 0.889. The second-order valence-corrected chi connectivity index (χ2v) is 4.08. The van der Waals surface area contributed by atoms with Gasteiger partial charge in [0, 0.05) is 0 Å². The molecule has 4 atom stereocenters. The number of aliphatic hydroxyl groups is 1. The van der Waals surface area contributed by atoms with Crippen LogP contribution in [0.25, 0.3) is 0 Å². The molecule has 0 aromatic heterocycles. The fourth-order valence-corrected chi connectivity index (χ4v) is 2.72. The zero-order chi connectivity index (χ0) is 8.72. The summed E-state index contributed by atoms with van der Waals surface area (Å²) in [6.07, 6.45) is 3.10. The predicted octanol–water partition coefficient (Wildman–Crippen LogP) is 0.868. The Morgan fingerprint density at radius 1 is 1.17 bits per heavy atom. The van der Waals surface area contributed by atoms with Gasteiger partial charge < -0.3 is 10.2 Å². The topological polar surface area (TPSA) is 57.5 Å². The first-order chi connectivity index (χ1) is 5.68. The molecule has 2 aliphatic carbocycles. The second-order valence-electron chi connectivity index (χ2n) is 4.08. The van der Waals surface area contributed by atoms with Crippen molar-refractivity contribution in [3.63, 3.8) is 0 Å². The Hall–Kier alpha value is -0.570. The molecule has 12 heavy (non-hydrogen) atoms. The second kappa shape index (κ2) is 2.73. The van der Waals surface area contributed by atoms with Gasteiger partial charge in [-0.3, -0.25) is 4.79 Å². The Kier molecular flexibility index (Phi) is 1.83. The number of hydrogen-bond donors (Lipinski definition) is 2. The standard InChI is InChI=1S/C9H14O3/c10-8-2-1-5-3-6(8)4-7(5)9(11)12/h5-8,10H,1-4H2,(H,11,12)/t5-,6-,7-,8-/m1/s1. The lowest BCUT2D eigenvalue weighted by Crippen LogP contribution is -2.23. The van der Waals surface area contributed by atoms with Crippen molar-refractivity contribution in [3.8, 4) is 0 Å². The molecule has 0 radical (unpaired) electrons. The number of carboxylic acids is 1. The maximum absolute atomic E-state index is 10.8. The van der Waals surface area contributed by atoms with Crippen LogP contribution in [0.2, 0.25) is 0 Å². The third kappa shape index (κ3) is 1.12. The van der Waals surface area contributed by atoms with E-state index in [1.54, 1.807) is 0 Å². The molecule has 2 saturated carbocycles. The van der Waals surface area contributed by atoms with E-state index >= 15 is 0 Å². The van der Waals surface area contributed by atoms with Crippen LogP contribution < -0.4 is 0 Å². The third-order valence-corrected chi connectivity index (χ3v) is 3.43. The quantitative estimate of drug-likeness (QED) is 0.614. The first-order valence-corrected chi connectivity index (χ1v) is 4.59. The van der Waals surface area contributed by atoms with E-state index in [0.29, 0.717) is 12.3 Å². The minimum Gasteiger partial charge on any atom is -0.481 e. The molecule has 0 aromatic rings. The summed E-state index contributed by atoms with van der Waals surface area (Å²) in [6.45, 7) is 0. The normalized spacial score (nSPS) is 46.1. The van der Waals surface area contributed by atoms with Crippen LogP contribution in [-0.4, -0.2) is 22.3 Å². The van der Waals surface area contributed by atoms with Crippen molar-refractivity contribution in [2.45, 2.75) is 31.8 Å². The first-order valence-electron chi connectivity index (χ1n) is 4.59. The van der Waals surface area contributed by atoms with Crippen LogP contribution in [0, 0.1) is 17.8 Å². The Balaban J connectivity index is 2.10. The Morgan fingerprint density at radius 2 is 1.92 bits per heavy atom. The van der Waals surface area contributed by atoms with Gasteiger partial charge >= 0.3 is 5.97 Å². The fourth-order valence-electron chi connectivity index (χ4n) is 2.72. The van der Waals surface area contributed by atoms with Crippen molar-refractivity contribution in [3.05, 3.63) is 0 Å². The van der Waals surface area contributed by atoms with Crippen molar-refractivity contribution in [1.82, 2.24) is 0 Å². The van der Waals surface area contributed by atoms with Gasteiger partial charge in [0.1, 0.15) is 0 Å². The molecule has 0 amide bonds. The van der Waals surface area contributed by atoms with Crippen LogP contribution in [0.4, 0.5) is 0 Å². The molecule has 0 spiro atoms. The molecular weight excluding hydrogens is 156 g/mol. The molecule has 2 N–H and O–H groups in total. The highest BCUT2D eigenvalue weighted by Crippen LogP contribution is 2.45. The molecule has 0 unspecified atom stereocenters. The molecule has 0 aromatic carbocycles. The van der Waals surface area contributed by atoms with E-state index < -0.39 is 5.97 Å². The van der Waals surface area contributed by atoms with Crippen molar-refractivity contribution in [1.29, 1.82) is 0 Å². The van der Waals surface area contributed by atoms with Gasteiger partial charge in [-0.25, -0.2) is 0 Å². The van der Waals surface area contributed by atoms with E-state index in [-0.39, 0.29) is 17.9 Å². The molecule has 0 aliphatic heterocycles. The van der Waals surface area contributed by atoms with Crippen molar-refractivity contribution in [2.75, 3.05) is 0 Å². The minimum atomic E-state index is -0.670. The van der Waals surface area contributed by atoms with Crippen LogP contribution >= 0.6 is 0 Å². The van der Waals surface area contributed by atoms with Crippen LogP contribution in [0.1, 0.15) is 25.7 Å². The van der Waals surface area contributed by atoms with Gasteiger partial charge in [0.25, 0.3) is 0 Å². The Bertz CT molecular complexity index is 202. The van der Waals surface area contributed by atoms with E-state index in [9.17, 15) is 9.90 Å². The highest BCUT2D eigenvalue weighted by atomic mass is 16.4. The summed E-state index contributed by atoms with van der Waals surface area (Å²) in [5, 5.41) is 18.4. The summed E-state index contributed by atoms with van der Waals surface area (Å²) in [5.41, 5.74) is 0. The predicted molar refractivity (Wildman–Crippen MR) is 42.6 cm³/mol. The summed E-state index contributed by atoms with van der Waals surface area (Å²) in [7, 11) is 0. The zero-order valence-electron chi connectivity index (χ0n) is 6.94. The summed E-state index contributed by atoms with van der Waals surface area (Å²) < 4.78 is 0. The smallest absolute Gasteiger partial charge is 0.306 e. The highest BCUT2D eigenvalue weighted by molar-refractivity contribution is 5.70. The van der Waals surface area contributed by atoms with Gasteiger partial charge in [-0.2, -0.15) is 0 Å². The van der Waals surface area contributed by atoms with Crippen LogP contribution in [0.15, 0.2) is 0 Å². The van der Waals surface area contributed by atoms with Gasteiger partial charge in [-0.1, -0.05) is 0 Å². The maximum atomic E-state index is 10.8. The van der Waals surface area contributed by atoms with E-state index in [2.05, 4.69) is 0 Å².